The van der Waals surface area contributed by atoms with E-state index in [4.69, 9.17) is 0 Å². The van der Waals surface area contributed by atoms with Gasteiger partial charge in [0.05, 0.1) is 5.41 Å². The van der Waals surface area contributed by atoms with Gasteiger partial charge in [-0.15, -0.1) is 0 Å². The molecule has 40 heavy (non-hydrogen) atoms. The number of rotatable bonds is 7. The first-order chi connectivity index (χ1) is 18.9. The SMILES string of the molecule is C=[S-](=O)C(O)C1C[C@@]2(CN1C(=O)[C@H](CC(C)C)N(C)C(=O)c1cc3c(F)cccc3[nH]1)C(=O)Nc1ccccc12. The number of hydrogen-bond acceptors (Lipinski definition) is 6. The first kappa shape index (κ1) is 27.9. The number of halogens is 1. The lowest BCUT2D eigenvalue weighted by Gasteiger charge is -2.36. The van der Waals surface area contributed by atoms with Crippen molar-refractivity contribution in [3.05, 3.63) is 65.6 Å². The van der Waals surface area contributed by atoms with Crippen molar-refractivity contribution in [1.82, 2.24) is 14.8 Å². The van der Waals surface area contributed by atoms with Crippen LogP contribution in [0.5, 0.6) is 0 Å². The zero-order valence-electron chi connectivity index (χ0n) is 22.5. The van der Waals surface area contributed by atoms with Crippen LogP contribution in [0.4, 0.5) is 10.1 Å². The minimum Gasteiger partial charge on any atom is -0.459 e. The Morgan fingerprint density at radius 2 is 1.98 bits per heavy atom. The average molecular weight is 568 g/mol. The van der Waals surface area contributed by atoms with E-state index in [1.165, 1.54) is 35.0 Å². The molecular weight excluding hydrogens is 535 g/mol. The second-order valence-corrected chi connectivity index (χ2v) is 12.3. The minimum atomic E-state index is -1.95. The van der Waals surface area contributed by atoms with Gasteiger partial charge < -0.3 is 29.4 Å². The predicted octanol–water partition coefficient (Wildman–Crippen LogP) is 3.00. The Labute approximate surface area is 233 Å². The number of aliphatic hydroxyl groups excluding tert-OH is 1. The van der Waals surface area contributed by atoms with Crippen LogP contribution >= 0.6 is 0 Å². The second-order valence-electron chi connectivity index (χ2n) is 11.0. The summed E-state index contributed by atoms with van der Waals surface area (Å²) in [4.78, 5) is 46.8. The molecule has 0 bridgehead atoms. The molecule has 212 valence electrons. The number of fused-ring (bicyclic) bond motifs is 3. The first-order valence-electron chi connectivity index (χ1n) is 13.1. The highest BCUT2D eigenvalue weighted by Crippen LogP contribution is 2.47. The number of nitrogens with one attached hydrogen (secondary N) is 2. The summed E-state index contributed by atoms with van der Waals surface area (Å²) in [5.74, 6) is 1.70. The van der Waals surface area contributed by atoms with Crippen LogP contribution in [0.2, 0.25) is 0 Å². The van der Waals surface area contributed by atoms with Gasteiger partial charge in [-0.05, 0) is 48.6 Å². The molecule has 11 heteroatoms. The third-order valence-electron chi connectivity index (χ3n) is 8.01. The van der Waals surface area contributed by atoms with Gasteiger partial charge >= 0.3 is 0 Å². The molecule has 1 spiro atoms. The zero-order valence-corrected chi connectivity index (χ0v) is 23.3. The molecule has 1 saturated heterocycles. The molecule has 1 aromatic heterocycles. The fraction of sp³-hybridized carbons (Fsp3) is 0.379. The summed E-state index contributed by atoms with van der Waals surface area (Å²) >= 11 is 0. The Morgan fingerprint density at radius 1 is 1.25 bits per heavy atom. The van der Waals surface area contributed by atoms with E-state index in [-0.39, 0.29) is 42.3 Å². The highest BCUT2D eigenvalue weighted by Gasteiger charge is 2.57. The second kappa shape index (κ2) is 10.4. The van der Waals surface area contributed by atoms with Crippen molar-refractivity contribution in [3.63, 3.8) is 0 Å². The van der Waals surface area contributed by atoms with Crippen LogP contribution in [0.25, 0.3) is 10.9 Å². The molecule has 9 nitrogen and oxygen atoms in total. The number of nitrogens with zero attached hydrogens (tertiary/aromatic N) is 2. The monoisotopic (exact) mass is 567 g/mol. The van der Waals surface area contributed by atoms with Crippen LogP contribution in [0.3, 0.4) is 0 Å². The van der Waals surface area contributed by atoms with Gasteiger partial charge in [-0.3, -0.25) is 14.4 Å². The van der Waals surface area contributed by atoms with Gasteiger partial charge in [0.25, 0.3) is 5.91 Å². The van der Waals surface area contributed by atoms with Crippen LogP contribution in [-0.2, 0) is 29.6 Å². The van der Waals surface area contributed by atoms with Crippen LogP contribution in [0.1, 0.15) is 42.7 Å². The summed E-state index contributed by atoms with van der Waals surface area (Å²) in [6.45, 7) is 3.78. The number of hydrogen-bond donors (Lipinski definition) is 3. The van der Waals surface area contributed by atoms with Crippen molar-refractivity contribution in [2.75, 3.05) is 18.9 Å². The maximum absolute atomic E-state index is 14.3. The zero-order chi connectivity index (χ0) is 28.9. The molecule has 2 aromatic carbocycles. The molecular formula is C29H32FN4O5S-. The number of carbonyl (C=O) groups excluding carboxylic acids is 3. The number of benzene rings is 2. The summed E-state index contributed by atoms with van der Waals surface area (Å²) in [6.07, 6.45) is 0.343. The van der Waals surface area contributed by atoms with Gasteiger partial charge in [0.15, 0.2) is 0 Å². The number of amides is 3. The van der Waals surface area contributed by atoms with Crippen molar-refractivity contribution in [3.8, 4) is 0 Å². The van der Waals surface area contributed by atoms with Crippen molar-refractivity contribution >= 4 is 50.6 Å². The maximum atomic E-state index is 14.3. The summed E-state index contributed by atoms with van der Waals surface area (Å²) < 4.78 is 26.6. The quantitative estimate of drug-likeness (QED) is 0.299. The van der Waals surface area contributed by atoms with Crippen LogP contribution < -0.4 is 5.32 Å². The maximum Gasteiger partial charge on any atom is 0.270 e. The lowest BCUT2D eigenvalue weighted by atomic mass is 9.79. The van der Waals surface area contributed by atoms with E-state index in [2.05, 4.69) is 16.2 Å². The van der Waals surface area contributed by atoms with E-state index >= 15 is 0 Å². The first-order valence-corrected chi connectivity index (χ1v) is 14.5. The summed E-state index contributed by atoms with van der Waals surface area (Å²) in [7, 11) is -0.445. The molecule has 0 saturated carbocycles. The third-order valence-corrected chi connectivity index (χ3v) is 8.87. The Kier molecular flexibility index (Phi) is 7.22. The number of likely N-dealkylation sites (N-methyl/N-ethyl adjacent to an activating group) is 1. The fourth-order valence-corrected chi connectivity index (χ4v) is 6.57. The van der Waals surface area contributed by atoms with Gasteiger partial charge in [-0.25, -0.2) is 14.8 Å². The van der Waals surface area contributed by atoms with Gasteiger partial charge in [-0.1, -0.05) is 38.1 Å². The normalized spacial score (nSPS) is 21.7. The Morgan fingerprint density at radius 3 is 2.65 bits per heavy atom. The highest BCUT2D eigenvalue weighted by molar-refractivity contribution is 7.82. The van der Waals surface area contributed by atoms with Crippen molar-refractivity contribution in [2.45, 2.75) is 49.6 Å². The number of aromatic nitrogens is 1. The number of H-pyrrole nitrogens is 1. The minimum absolute atomic E-state index is 0.00164. The number of aliphatic hydroxyl groups is 1. The topological polar surface area (TPSA) is 123 Å². The van der Waals surface area contributed by atoms with Crippen molar-refractivity contribution in [2.24, 2.45) is 5.92 Å². The number of aromatic amines is 1. The molecule has 0 aliphatic carbocycles. The third kappa shape index (κ3) is 4.56. The molecule has 2 aliphatic heterocycles. The molecule has 3 amide bonds. The number of anilines is 1. The van der Waals surface area contributed by atoms with Crippen LogP contribution in [0.15, 0.2) is 48.5 Å². The van der Waals surface area contributed by atoms with Gasteiger partial charge in [-0.2, -0.15) is 5.87 Å². The molecule has 2 aliphatic rings. The predicted molar refractivity (Wildman–Crippen MR) is 152 cm³/mol. The highest BCUT2D eigenvalue weighted by atomic mass is 32.2. The summed E-state index contributed by atoms with van der Waals surface area (Å²) in [5.41, 5.74) is -0.730. The van der Waals surface area contributed by atoms with Gasteiger partial charge in [0.1, 0.15) is 17.6 Å². The molecule has 0 radical (unpaired) electrons. The molecule has 3 aromatic rings. The fourth-order valence-electron chi connectivity index (χ4n) is 5.97. The van der Waals surface area contributed by atoms with Gasteiger partial charge in [0, 0.05) is 41.7 Å². The molecule has 1 fully saturated rings. The average Bonchev–Trinajstić information content (AvgIpc) is 3.61. The molecule has 2 unspecified atom stereocenters. The Hall–Kier alpha value is -3.70. The summed E-state index contributed by atoms with van der Waals surface area (Å²) in [5, 5.41) is 14.0. The largest absolute Gasteiger partial charge is 0.459 e. The number of carbonyl (C=O) groups is 3. The van der Waals surface area contributed by atoms with Crippen molar-refractivity contribution < 1.29 is 28.1 Å². The smallest absolute Gasteiger partial charge is 0.270 e. The molecule has 4 atom stereocenters. The van der Waals surface area contributed by atoms with E-state index < -0.39 is 51.0 Å². The van der Waals surface area contributed by atoms with E-state index in [0.29, 0.717) is 16.8 Å². The Bertz CT molecular complexity index is 1580. The van der Waals surface area contributed by atoms with Gasteiger partial charge in [0.2, 0.25) is 11.8 Å². The molecule has 5 rings (SSSR count). The number of para-hydroxylation sites is 1. The van der Waals surface area contributed by atoms with Crippen molar-refractivity contribution in [1.29, 1.82) is 0 Å². The lowest BCUT2D eigenvalue weighted by molar-refractivity contribution is -0.138. The summed E-state index contributed by atoms with van der Waals surface area (Å²) in [6, 6.07) is 11.2. The molecule has 3 heterocycles. The van der Waals surface area contributed by atoms with Crippen LogP contribution in [0, 0.1) is 11.7 Å². The van der Waals surface area contributed by atoms with E-state index in [1.807, 2.05) is 19.9 Å². The van der Waals surface area contributed by atoms with Crippen LogP contribution in [-0.4, -0.2) is 74.6 Å². The van der Waals surface area contributed by atoms with E-state index in [9.17, 15) is 28.1 Å². The standard InChI is InChI=1S/C29H32FN4O5S/c1-16(2)12-23(33(3)25(35)22-13-17-19(30)9-7-11-20(17)31-22)26(36)34-15-29(14-24(34)27(37)40(4)39)18-8-5-6-10-21(18)32-28(29)38/h5-11,13,16,23-24,27,31,37H,4,12,14-15H2,1-3H3,(H,32,38)/q-1/t23-,24?,27?,29-/m0/s1. The molecule has 3 N–H and O–H groups in total. The Balaban J connectivity index is 1.51. The lowest BCUT2D eigenvalue weighted by Crippen LogP contribution is -2.54. The van der Waals surface area contributed by atoms with E-state index in [1.54, 1.807) is 24.3 Å². The number of likely N-dealkylation sites (tertiary alicyclic amines) is 1. The van der Waals surface area contributed by atoms with E-state index in [0.717, 1.165) is 0 Å².